The summed E-state index contributed by atoms with van der Waals surface area (Å²) in [4.78, 5) is 14.3. The Morgan fingerprint density at radius 3 is 2.66 bits per heavy atom. The predicted octanol–water partition coefficient (Wildman–Crippen LogP) is 2.86. The van der Waals surface area contributed by atoms with Gasteiger partial charge in [-0.3, -0.25) is 14.8 Å². The van der Waals surface area contributed by atoms with Gasteiger partial charge in [0.2, 0.25) is 5.91 Å². The van der Waals surface area contributed by atoms with Crippen LogP contribution in [-0.2, 0) is 4.79 Å². The third kappa shape index (κ3) is 4.67. The Kier molecular flexibility index (Phi) is 5.64. The van der Waals surface area contributed by atoms with E-state index < -0.39 is 5.82 Å². The van der Waals surface area contributed by atoms with Gasteiger partial charge < -0.3 is 10.6 Å². The van der Waals surface area contributed by atoms with E-state index in [2.05, 4.69) is 20.8 Å². The molecule has 0 aliphatic carbocycles. The smallest absolute Gasteiger partial charge is 0.238 e. The number of aromatic nitrogens is 2. The second kappa shape index (κ2) is 8.50. The largest absolute Gasteiger partial charge is 0.322 e. The van der Waals surface area contributed by atoms with Crippen LogP contribution in [0.5, 0.6) is 0 Å². The van der Waals surface area contributed by atoms with Crippen LogP contribution in [0.25, 0.3) is 23.1 Å². The normalized spacial score (nSPS) is 15.2. The molecule has 2 heterocycles. The van der Waals surface area contributed by atoms with Gasteiger partial charge in [0.1, 0.15) is 11.6 Å². The zero-order chi connectivity index (χ0) is 20.2. The number of hydrogen-bond acceptors (Lipinski definition) is 4. The number of nitrogens with one attached hydrogen (secondary N) is 3. The molecule has 4 rings (SSSR count). The molecule has 0 atom stereocenters. The van der Waals surface area contributed by atoms with E-state index in [1.807, 2.05) is 4.90 Å². The molecule has 3 aromatic rings. The molecule has 2 aromatic carbocycles. The molecule has 0 unspecified atom stereocenters. The van der Waals surface area contributed by atoms with Gasteiger partial charge in [-0.2, -0.15) is 5.10 Å². The Morgan fingerprint density at radius 1 is 1.14 bits per heavy atom. The number of rotatable bonds is 5. The lowest BCUT2D eigenvalue weighted by atomic mass is 10.1. The third-order valence-corrected chi connectivity index (χ3v) is 4.83. The number of fused-ring (bicyclic) bond motifs is 1. The first-order chi connectivity index (χ1) is 14.1. The standard InChI is InChI=1S/C21H21F2N5O/c22-15-4-1-14(2-5-15)3-6-18-16-11-20(17(23)12-19(16)27-26-18)25-21(29)13-28-9-7-24-8-10-28/h1-6,11-12,24H,7-10,13H2,(H,25,29)(H,26,27). The number of carbonyl (C=O) groups is 1. The van der Waals surface area contributed by atoms with Crippen LogP contribution in [0, 0.1) is 11.6 Å². The van der Waals surface area contributed by atoms with Gasteiger partial charge >= 0.3 is 0 Å². The third-order valence-electron chi connectivity index (χ3n) is 4.83. The summed E-state index contributed by atoms with van der Waals surface area (Å²) in [5.74, 6) is -1.08. The van der Waals surface area contributed by atoms with E-state index in [0.717, 1.165) is 31.7 Å². The second-order valence-corrected chi connectivity index (χ2v) is 6.95. The molecule has 150 valence electrons. The van der Waals surface area contributed by atoms with E-state index >= 15 is 0 Å². The van der Waals surface area contributed by atoms with Crippen LogP contribution in [0.15, 0.2) is 36.4 Å². The number of aromatic amines is 1. The fourth-order valence-corrected chi connectivity index (χ4v) is 3.29. The topological polar surface area (TPSA) is 73.1 Å². The molecule has 0 radical (unpaired) electrons. The van der Waals surface area contributed by atoms with Crippen molar-refractivity contribution < 1.29 is 13.6 Å². The van der Waals surface area contributed by atoms with Crippen molar-refractivity contribution in [3.05, 3.63) is 59.3 Å². The molecule has 0 saturated carbocycles. The van der Waals surface area contributed by atoms with Crippen molar-refractivity contribution in [3.8, 4) is 0 Å². The molecule has 1 saturated heterocycles. The highest BCUT2D eigenvalue weighted by Gasteiger charge is 2.16. The van der Waals surface area contributed by atoms with Crippen LogP contribution >= 0.6 is 0 Å². The van der Waals surface area contributed by atoms with Gasteiger partial charge in [0.15, 0.2) is 0 Å². The number of nitrogens with zero attached hydrogens (tertiary/aromatic N) is 2. The van der Waals surface area contributed by atoms with Gasteiger partial charge in [-0.25, -0.2) is 8.78 Å². The minimum absolute atomic E-state index is 0.121. The lowest BCUT2D eigenvalue weighted by Gasteiger charge is -2.26. The maximum Gasteiger partial charge on any atom is 0.238 e. The van der Waals surface area contributed by atoms with Crippen LogP contribution in [0.2, 0.25) is 0 Å². The minimum Gasteiger partial charge on any atom is -0.322 e. The van der Waals surface area contributed by atoms with Crippen molar-refractivity contribution in [1.29, 1.82) is 0 Å². The SMILES string of the molecule is O=C(CN1CCNCC1)Nc1cc2c(C=Cc3ccc(F)cc3)n[nH]c2cc1F. The molecule has 29 heavy (non-hydrogen) atoms. The van der Waals surface area contributed by atoms with E-state index in [4.69, 9.17) is 0 Å². The molecular formula is C21H21F2N5O. The lowest BCUT2D eigenvalue weighted by Crippen LogP contribution is -2.46. The first-order valence-electron chi connectivity index (χ1n) is 9.43. The lowest BCUT2D eigenvalue weighted by molar-refractivity contribution is -0.117. The average molecular weight is 397 g/mol. The molecule has 0 spiro atoms. The van der Waals surface area contributed by atoms with E-state index in [1.165, 1.54) is 18.2 Å². The highest BCUT2D eigenvalue weighted by atomic mass is 19.1. The summed E-state index contributed by atoms with van der Waals surface area (Å²) < 4.78 is 27.4. The Bertz CT molecular complexity index is 1040. The fourth-order valence-electron chi connectivity index (χ4n) is 3.29. The molecule has 1 aliphatic heterocycles. The number of hydrogen-bond donors (Lipinski definition) is 3. The van der Waals surface area contributed by atoms with Gasteiger partial charge in [-0.1, -0.05) is 18.2 Å². The Morgan fingerprint density at radius 2 is 1.90 bits per heavy atom. The van der Waals surface area contributed by atoms with Crippen LogP contribution in [0.3, 0.4) is 0 Å². The van der Waals surface area contributed by atoms with E-state index in [9.17, 15) is 13.6 Å². The summed E-state index contributed by atoms with van der Waals surface area (Å²) >= 11 is 0. The van der Waals surface area contributed by atoms with Crippen molar-refractivity contribution in [1.82, 2.24) is 20.4 Å². The molecule has 1 aliphatic rings. The Balaban J connectivity index is 1.52. The number of piperazine rings is 1. The van der Waals surface area contributed by atoms with Crippen molar-refractivity contribution in [3.63, 3.8) is 0 Å². The Labute approximate surface area is 166 Å². The van der Waals surface area contributed by atoms with Crippen LogP contribution in [-0.4, -0.2) is 53.7 Å². The van der Waals surface area contributed by atoms with Crippen molar-refractivity contribution >= 4 is 34.6 Å². The van der Waals surface area contributed by atoms with Crippen molar-refractivity contribution in [2.45, 2.75) is 0 Å². The maximum atomic E-state index is 14.4. The highest BCUT2D eigenvalue weighted by molar-refractivity contribution is 5.97. The number of carbonyl (C=O) groups excluding carboxylic acids is 1. The molecule has 1 fully saturated rings. The number of halogens is 2. The summed E-state index contributed by atoms with van der Waals surface area (Å²) in [5, 5.41) is 13.6. The minimum atomic E-state index is -0.524. The van der Waals surface area contributed by atoms with Gasteiger partial charge in [-0.15, -0.1) is 0 Å². The molecule has 8 heteroatoms. The van der Waals surface area contributed by atoms with Gasteiger partial charge in [0.25, 0.3) is 0 Å². The molecule has 6 nitrogen and oxygen atoms in total. The summed E-state index contributed by atoms with van der Waals surface area (Å²) in [6.07, 6.45) is 3.55. The zero-order valence-corrected chi connectivity index (χ0v) is 15.7. The fraction of sp³-hybridized carbons (Fsp3) is 0.238. The number of anilines is 1. The van der Waals surface area contributed by atoms with Gasteiger partial charge in [0, 0.05) is 37.6 Å². The van der Waals surface area contributed by atoms with Gasteiger partial charge in [0.05, 0.1) is 23.4 Å². The van der Waals surface area contributed by atoms with Gasteiger partial charge in [-0.05, 0) is 29.8 Å². The summed E-state index contributed by atoms with van der Waals surface area (Å²) in [6, 6.07) is 8.96. The molecule has 0 bridgehead atoms. The van der Waals surface area contributed by atoms with E-state index in [0.29, 0.717) is 16.6 Å². The summed E-state index contributed by atoms with van der Waals surface area (Å²) in [7, 11) is 0. The molecule has 1 amide bonds. The summed E-state index contributed by atoms with van der Waals surface area (Å²) in [5.41, 5.74) is 2.06. The first kappa shape index (κ1) is 19.2. The average Bonchev–Trinajstić information content (AvgIpc) is 3.10. The van der Waals surface area contributed by atoms with Crippen LogP contribution < -0.4 is 10.6 Å². The predicted molar refractivity (Wildman–Crippen MR) is 109 cm³/mol. The van der Waals surface area contributed by atoms with Crippen LogP contribution in [0.4, 0.5) is 14.5 Å². The van der Waals surface area contributed by atoms with Crippen molar-refractivity contribution in [2.75, 3.05) is 38.0 Å². The highest BCUT2D eigenvalue weighted by Crippen LogP contribution is 2.25. The molecule has 1 aromatic heterocycles. The zero-order valence-electron chi connectivity index (χ0n) is 15.7. The monoisotopic (exact) mass is 397 g/mol. The van der Waals surface area contributed by atoms with E-state index in [-0.39, 0.29) is 24.0 Å². The Hall–Kier alpha value is -3.10. The maximum absolute atomic E-state index is 14.4. The molecular weight excluding hydrogens is 376 g/mol. The second-order valence-electron chi connectivity index (χ2n) is 6.95. The first-order valence-corrected chi connectivity index (χ1v) is 9.43. The summed E-state index contributed by atoms with van der Waals surface area (Å²) in [6.45, 7) is 3.48. The quantitative estimate of drug-likeness (QED) is 0.619. The number of benzene rings is 2. The number of amides is 1. The molecule has 3 N–H and O–H groups in total. The number of H-pyrrole nitrogens is 1. The van der Waals surface area contributed by atoms with E-state index in [1.54, 1.807) is 30.4 Å². The van der Waals surface area contributed by atoms with Crippen molar-refractivity contribution in [2.24, 2.45) is 0 Å². The van der Waals surface area contributed by atoms with Crippen LogP contribution in [0.1, 0.15) is 11.3 Å².